The van der Waals surface area contributed by atoms with Crippen molar-refractivity contribution in [2.45, 2.75) is 70.2 Å². The van der Waals surface area contributed by atoms with E-state index in [9.17, 15) is 25.2 Å². The van der Waals surface area contributed by atoms with E-state index in [1.165, 1.54) is 18.2 Å². The highest BCUT2D eigenvalue weighted by Crippen LogP contribution is 2.51. The van der Waals surface area contributed by atoms with Gasteiger partial charge in [-0.25, -0.2) is 0 Å². The second kappa shape index (κ2) is 7.61. The Hall–Kier alpha value is -2.42. The van der Waals surface area contributed by atoms with Crippen molar-refractivity contribution in [3.8, 4) is 28.7 Å². The Bertz CT molecular complexity index is 961. The van der Waals surface area contributed by atoms with E-state index in [4.69, 9.17) is 9.16 Å². The minimum Gasteiger partial charge on any atom is -0.517 e. The minimum absolute atomic E-state index is 0.121. The van der Waals surface area contributed by atoms with Gasteiger partial charge in [0.1, 0.15) is 29.1 Å². The first-order valence-corrected chi connectivity index (χ1v) is 12.1. The lowest BCUT2D eigenvalue weighted by molar-refractivity contribution is 0.0197. The lowest BCUT2D eigenvalue weighted by Crippen LogP contribution is -2.57. The van der Waals surface area contributed by atoms with Crippen molar-refractivity contribution in [3.63, 3.8) is 0 Å². The number of phenols is 3. The first kappa shape index (κ1) is 23.2. The molecule has 2 aromatic carbocycles. The molecular formula is C23H32O7Si. The summed E-state index contributed by atoms with van der Waals surface area (Å²) in [4.78, 5) is 11.6. The highest BCUT2D eigenvalue weighted by Gasteiger charge is 2.57. The van der Waals surface area contributed by atoms with Gasteiger partial charge in [0, 0.05) is 34.2 Å². The zero-order chi connectivity index (χ0) is 23.4. The van der Waals surface area contributed by atoms with Crippen LogP contribution in [-0.4, -0.2) is 39.9 Å². The summed E-state index contributed by atoms with van der Waals surface area (Å²) in [5.74, 6) is -0.0131. The third-order valence-electron chi connectivity index (χ3n) is 5.79. The second-order valence-electron chi connectivity index (χ2n) is 10.2. The Morgan fingerprint density at radius 3 is 2.13 bits per heavy atom. The predicted molar refractivity (Wildman–Crippen MR) is 119 cm³/mol. The Balaban J connectivity index is 1.99. The molecule has 3 rings (SSSR count). The smallest absolute Gasteiger partial charge is 0.407 e. The molecule has 0 fully saturated rings. The van der Waals surface area contributed by atoms with E-state index < -0.39 is 30.8 Å². The molecule has 2 atom stereocenters. The second-order valence-corrected chi connectivity index (χ2v) is 14.7. The van der Waals surface area contributed by atoms with Crippen molar-refractivity contribution in [2.75, 3.05) is 0 Å². The number of rotatable bonds is 3. The van der Waals surface area contributed by atoms with Gasteiger partial charge in [0.25, 0.3) is 0 Å². The maximum absolute atomic E-state index is 11.6. The molecule has 170 valence electrons. The van der Waals surface area contributed by atoms with Crippen LogP contribution in [0.3, 0.4) is 0 Å². The number of aliphatic hydroxyl groups is 1. The molecule has 0 radical (unpaired) electrons. The summed E-state index contributed by atoms with van der Waals surface area (Å²) in [6, 6.07) is 7.20. The molecule has 0 aromatic heterocycles. The molecule has 1 aliphatic heterocycles. The van der Waals surface area contributed by atoms with Gasteiger partial charge in [0.05, 0.1) is 6.10 Å². The normalized spacial score (nSPS) is 19.5. The largest absolute Gasteiger partial charge is 0.517 e. The average Bonchev–Trinajstić information content (AvgIpc) is 2.62. The number of aliphatic hydroxyl groups excluding tert-OH is 1. The SMILES string of the molecule is CC(C)(C)[Si](O)(Oc1cc([C@H]2Oc3cc(O)cc(O)c3C[C@@H]2O)ccc1O)C(C)(C)C. The van der Waals surface area contributed by atoms with Crippen LogP contribution in [0.4, 0.5) is 0 Å². The number of benzene rings is 2. The number of hydrogen-bond donors (Lipinski definition) is 5. The Labute approximate surface area is 183 Å². The van der Waals surface area contributed by atoms with E-state index in [0.717, 1.165) is 0 Å². The van der Waals surface area contributed by atoms with E-state index in [0.29, 0.717) is 11.1 Å². The first-order chi connectivity index (χ1) is 14.1. The van der Waals surface area contributed by atoms with Crippen molar-refractivity contribution < 1.29 is 34.4 Å². The van der Waals surface area contributed by atoms with Crippen molar-refractivity contribution in [1.29, 1.82) is 0 Å². The quantitative estimate of drug-likeness (QED) is 0.445. The molecule has 0 aliphatic carbocycles. The van der Waals surface area contributed by atoms with Crippen molar-refractivity contribution in [3.05, 3.63) is 41.5 Å². The van der Waals surface area contributed by atoms with Gasteiger partial charge in [-0.15, -0.1) is 0 Å². The van der Waals surface area contributed by atoms with Crippen LogP contribution in [0.1, 0.15) is 58.8 Å². The number of phenolic OH excluding ortho intramolecular Hbond substituents is 3. The summed E-state index contributed by atoms with van der Waals surface area (Å²) in [6.07, 6.45) is -1.65. The zero-order valence-corrected chi connectivity index (χ0v) is 19.8. The first-order valence-electron chi connectivity index (χ1n) is 10.3. The fourth-order valence-electron chi connectivity index (χ4n) is 4.13. The van der Waals surface area contributed by atoms with Crippen molar-refractivity contribution in [1.82, 2.24) is 0 Å². The number of aromatic hydroxyl groups is 3. The summed E-state index contributed by atoms with van der Waals surface area (Å²) in [5.41, 5.74) is 0.951. The van der Waals surface area contributed by atoms with E-state index in [2.05, 4.69) is 0 Å². The summed E-state index contributed by atoms with van der Waals surface area (Å²) >= 11 is 0. The molecule has 8 heteroatoms. The lowest BCUT2D eigenvalue weighted by atomic mass is 9.94. The zero-order valence-electron chi connectivity index (χ0n) is 18.8. The maximum Gasteiger partial charge on any atom is 0.407 e. The van der Waals surface area contributed by atoms with Gasteiger partial charge < -0.3 is 34.4 Å². The molecule has 7 nitrogen and oxygen atoms in total. The van der Waals surface area contributed by atoms with Gasteiger partial charge >= 0.3 is 8.56 Å². The third-order valence-corrected chi connectivity index (χ3v) is 10.4. The van der Waals surface area contributed by atoms with Crippen LogP contribution in [0.25, 0.3) is 0 Å². The minimum atomic E-state index is -3.42. The molecule has 1 aliphatic rings. The lowest BCUT2D eigenvalue weighted by Gasteiger charge is -2.45. The van der Waals surface area contributed by atoms with Crippen LogP contribution in [-0.2, 0) is 6.42 Å². The fraction of sp³-hybridized carbons (Fsp3) is 0.478. The standard InChI is InChI=1S/C23H32O7Si/c1-22(2,3)31(28,23(4,5)6)30-20-9-13(7-8-16(20)25)21-18(27)12-15-17(26)10-14(24)11-19(15)29-21/h7-11,18,21,24-28H,12H2,1-6H3/t18-,21+/m0/s1. The van der Waals surface area contributed by atoms with Crippen LogP contribution in [0.5, 0.6) is 28.7 Å². The molecule has 0 amide bonds. The van der Waals surface area contributed by atoms with Crippen LogP contribution < -0.4 is 9.16 Å². The van der Waals surface area contributed by atoms with Crippen LogP contribution in [0, 0.1) is 0 Å². The van der Waals surface area contributed by atoms with Crippen LogP contribution in [0.2, 0.25) is 10.1 Å². The number of fused-ring (bicyclic) bond motifs is 1. The molecule has 0 saturated carbocycles. The van der Waals surface area contributed by atoms with E-state index in [1.807, 2.05) is 41.5 Å². The highest BCUT2D eigenvalue weighted by molar-refractivity contribution is 6.72. The molecule has 0 bridgehead atoms. The molecule has 5 N–H and O–H groups in total. The van der Waals surface area contributed by atoms with Gasteiger partial charge in [0.15, 0.2) is 5.75 Å². The highest BCUT2D eigenvalue weighted by atomic mass is 28.4. The Morgan fingerprint density at radius 2 is 1.55 bits per heavy atom. The topological polar surface area (TPSA) is 120 Å². The van der Waals surface area contributed by atoms with Crippen molar-refractivity contribution in [2.24, 2.45) is 0 Å². The van der Waals surface area contributed by atoms with Gasteiger partial charge in [-0.1, -0.05) is 47.6 Å². The predicted octanol–water partition coefficient (Wildman–Crippen LogP) is 4.25. The average molecular weight is 449 g/mol. The van der Waals surface area contributed by atoms with E-state index in [1.54, 1.807) is 12.1 Å². The number of ether oxygens (including phenoxy) is 1. The van der Waals surface area contributed by atoms with Crippen LogP contribution >= 0.6 is 0 Å². The molecule has 1 heterocycles. The summed E-state index contributed by atoms with van der Waals surface area (Å²) in [6.45, 7) is 11.5. The summed E-state index contributed by atoms with van der Waals surface area (Å²) < 4.78 is 12.1. The van der Waals surface area contributed by atoms with Gasteiger partial charge in [-0.2, -0.15) is 0 Å². The Morgan fingerprint density at radius 1 is 0.935 bits per heavy atom. The number of hydrogen-bond acceptors (Lipinski definition) is 7. The van der Waals surface area contributed by atoms with E-state index >= 15 is 0 Å². The molecular weight excluding hydrogens is 416 g/mol. The maximum atomic E-state index is 11.6. The van der Waals surface area contributed by atoms with Gasteiger partial charge in [-0.05, 0) is 17.7 Å². The fourth-order valence-corrected chi connectivity index (χ4v) is 7.47. The van der Waals surface area contributed by atoms with E-state index in [-0.39, 0.29) is 35.2 Å². The van der Waals surface area contributed by atoms with Crippen molar-refractivity contribution >= 4 is 8.56 Å². The summed E-state index contributed by atoms with van der Waals surface area (Å²) in [7, 11) is -3.42. The Kier molecular flexibility index (Phi) is 5.71. The van der Waals surface area contributed by atoms with Crippen LogP contribution in [0.15, 0.2) is 30.3 Å². The molecule has 0 saturated heterocycles. The molecule has 31 heavy (non-hydrogen) atoms. The summed E-state index contributed by atoms with van der Waals surface area (Å²) in [5, 5.41) is 39.9. The molecule has 0 spiro atoms. The third kappa shape index (κ3) is 4.20. The van der Waals surface area contributed by atoms with Gasteiger partial charge in [0.2, 0.25) is 0 Å². The monoisotopic (exact) mass is 448 g/mol. The molecule has 2 aromatic rings. The molecule has 0 unspecified atom stereocenters. The van der Waals surface area contributed by atoms with Gasteiger partial charge in [-0.3, -0.25) is 0 Å².